The van der Waals surface area contributed by atoms with Crippen molar-refractivity contribution in [2.75, 3.05) is 18.9 Å². The van der Waals surface area contributed by atoms with Gasteiger partial charge in [-0.05, 0) is 19.8 Å². The number of carboxylic acids is 1. The number of sulfonamides is 1. The molecule has 98 valence electrons. The topological polar surface area (TPSA) is 101 Å². The second kappa shape index (κ2) is 5.46. The van der Waals surface area contributed by atoms with Crippen molar-refractivity contribution in [1.82, 2.24) is 4.31 Å². The van der Waals surface area contributed by atoms with Gasteiger partial charge in [0.15, 0.2) is 5.75 Å². The highest BCUT2D eigenvalue weighted by Gasteiger charge is 2.39. The largest absolute Gasteiger partial charge is 0.480 e. The Labute approximate surface area is 99.4 Å². The summed E-state index contributed by atoms with van der Waals surface area (Å²) in [6, 6.07) is -1.06. The number of hydrogen-bond acceptors (Lipinski definition) is 5. The van der Waals surface area contributed by atoms with E-state index in [0.29, 0.717) is 6.42 Å². The summed E-state index contributed by atoms with van der Waals surface area (Å²) < 4.78 is 29.0. The molecule has 0 aromatic carbocycles. The van der Waals surface area contributed by atoms with Gasteiger partial charge in [0.05, 0.1) is 6.61 Å². The molecule has 1 rings (SSSR count). The second-order valence-corrected chi connectivity index (χ2v) is 5.59. The molecule has 1 aliphatic heterocycles. The van der Waals surface area contributed by atoms with E-state index in [4.69, 9.17) is 5.11 Å². The van der Waals surface area contributed by atoms with Gasteiger partial charge in [-0.15, -0.1) is 0 Å². The molecular weight excluding hydrogens is 250 g/mol. The van der Waals surface area contributed by atoms with Gasteiger partial charge < -0.3 is 9.84 Å². The van der Waals surface area contributed by atoms with Gasteiger partial charge in [-0.25, -0.2) is 8.42 Å². The van der Waals surface area contributed by atoms with Crippen LogP contribution in [0.25, 0.3) is 0 Å². The van der Waals surface area contributed by atoms with Gasteiger partial charge in [-0.2, -0.15) is 4.31 Å². The maximum atomic E-state index is 11.8. The molecular formula is C9H15NO6S. The fourth-order valence-electron chi connectivity index (χ4n) is 1.75. The quantitative estimate of drug-likeness (QED) is 0.668. The van der Waals surface area contributed by atoms with Crippen LogP contribution < -0.4 is 0 Å². The summed E-state index contributed by atoms with van der Waals surface area (Å²) in [7, 11) is -3.90. The molecule has 0 aromatic heterocycles. The molecule has 8 heteroatoms. The van der Waals surface area contributed by atoms with Crippen molar-refractivity contribution in [2.45, 2.75) is 25.8 Å². The van der Waals surface area contributed by atoms with Crippen LogP contribution in [0.15, 0.2) is 0 Å². The van der Waals surface area contributed by atoms with E-state index in [1.54, 1.807) is 6.92 Å². The number of carbonyl (C=O) groups is 2. The van der Waals surface area contributed by atoms with Crippen molar-refractivity contribution in [2.24, 2.45) is 0 Å². The van der Waals surface area contributed by atoms with Gasteiger partial charge in [-0.3, -0.25) is 9.59 Å². The maximum absolute atomic E-state index is 11.8. The number of aliphatic carboxylic acids is 1. The van der Waals surface area contributed by atoms with E-state index in [1.807, 2.05) is 0 Å². The molecule has 1 heterocycles. The zero-order valence-corrected chi connectivity index (χ0v) is 10.3. The first kappa shape index (κ1) is 13.9. The number of hydrogen-bond donors (Lipinski definition) is 1. The Kier molecular flexibility index (Phi) is 4.47. The highest BCUT2D eigenvalue weighted by molar-refractivity contribution is 7.89. The number of ether oxygens (including phenoxy) is 1. The maximum Gasteiger partial charge on any atom is 0.322 e. The van der Waals surface area contributed by atoms with Gasteiger partial charge in [-0.1, -0.05) is 0 Å². The van der Waals surface area contributed by atoms with Crippen molar-refractivity contribution >= 4 is 22.0 Å². The molecule has 7 nitrogen and oxygen atoms in total. The molecule has 1 aliphatic rings. The van der Waals surface area contributed by atoms with Crippen molar-refractivity contribution in [3.63, 3.8) is 0 Å². The average molecular weight is 265 g/mol. The molecule has 0 spiro atoms. The molecule has 0 unspecified atom stereocenters. The third-order valence-corrected chi connectivity index (χ3v) is 4.20. The Balaban J connectivity index is 2.76. The van der Waals surface area contributed by atoms with Crippen LogP contribution in [-0.2, 0) is 24.3 Å². The fourth-order valence-corrected chi connectivity index (χ4v) is 3.29. The fraction of sp³-hybridized carbons (Fsp3) is 0.778. The first-order valence-corrected chi connectivity index (χ1v) is 6.87. The van der Waals surface area contributed by atoms with E-state index in [-0.39, 0.29) is 19.6 Å². The van der Waals surface area contributed by atoms with Gasteiger partial charge in [0.25, 0.3) is 0 Å². The third kappa shape index (κ3) is 3.40. The first-order valence-electron chi connectivity index (χ1n) is 5.26. The number of rotatable bonds is 5. The minimum Gasteiger partial charge on any atom is -0.480 e. The summed E-state index contributed by atoms with van der Waals surface area (Å²) >= 11 is 0. The number of nitrogens with zero attached hydrogens (tertiary/aromatic N) is 1. The number of esters is 1. The lowest BCUT2D eigenvalue weighted by molar-refractivity contribution is -0.142. The van der Waals surface area contributed by atoms with E-state index in [9.17, 15) is 18.0 Å². The van der Waals surface area contributed by atoms with Crippen LogP contribution in [0.3, 0.4) is 0 Å². The molecule has 1 N–H and O–H groups in total. The Hall–Kier alpha value is -1.15. The lowest BCUT2D eigenvalue weighted by atomic mass is 10.2. The van der Waals surface area contributed by atoms with Crippen LogP contribution in [0.5, 0.6) is 0 Å². The highest BCUT2D eigenvalue weighted by Crippen LogP contribution is 2.21. The summed E-state index contributed by atoms with van der Waals surface area (Å²) in [4.78, 5) is 22.0. The van der Waals surface area contributed by atoms with Gasteiger partial charge in [0.1, 0.15) is 6.04 Å². The Morgan fingerprint density at radius 2 is 2.12 bits per heavy atom. The molecule has 0 bridgehead atoms. The summed E-state index contributed by atoms with van der Waals surface area (Å²) in [5.74, 6) is -2.84. The third-order valence-electron chi connectivity index (χ3n) is 2.45. The summed E-state index contributed by atoms with van der Waals surface area (Å²) in [5.41, 5.74) is 0. The molecule has 1 fully saturated rings. The number of carboxylic acid groups (broad SMARTS) is 1. The van der Waals surface area contributed by atoms with Gasteiger partial charge >= 0.3 is 11.9 Å². The summed E-state index contributed by atoms with van der Waals surface area (Å²) in [6.07, 6.45) is 0.760. The second-order valence-electron chi connectivity index (χ2n) is 3.67. The van der Waals surface area contributed by atoms with E-state index in [0.717, 1.165) is 4.31 Å². The predicted octanol–water partition coefficient (Wildman–Crippen LogP) is -0.572. The smallest absolute Gasteiger partial charge is 0.322 e. The van der Waals surface area contributed by atoms with Gasteiger partial charge in [0, 0.05) is 6.54 Å². The van der Waals surface area contributed by atoms with Crippen molar-refractivity contribution in [3.8, 4) is 0 Å². The monoisotopic (exact) mass is 265 g/mol. The predicted molar refractivity (Wildman–Crippen MR) is 57.8 cm³/mol. The molecule has 0 aromatic rings. The average Bonchev–Trinajstić information content (AvgIpc) is 2.65. The number of carbonyl (C=O) groups excluding carboxylic acids is 1. The van der Waals surface area contributed by atoms with Crippen LogP contribution in [-0.4, -0.2) is 54.7 Å². The van der Waals surface area contributed by atoms with Crippen molar-refractivity contribution in [3.05, 3.63) is 0 Å². The SMILES string of the molecule is CCOC(=O)CS(=O)(=O)N1CCC[C@H]1C(=O)O. The Bertz CT molecular complexity index is 404. The van der Waals surface area contributed by atoms with E-state index >= 15 is 0 Å². The normalized spacial score (nSPS) is 21.4. The molecule has 0 saturated carbocycles. The molecule has 0 aliphatic carbocycles. The zero-order valence-electron chi connectivity index (χ0n) is 9.46. The Morgan fingerprint density at radius 3 is 2.65 bits per heavy atom. The summed E-state index contributed by atoms with van der Waals surface area (Å²) in [5, 5.41) is 8.86. The molecule has 0 amide bonds. The van der Waals surface area contributed by atoms with E-state index < -0.39 is 33.8 Å². The molecule has 17 heavy (non-hydrogen) atoms. The zero-order chi connectivity index (χ0) is 13.1. The molecule has 1 saturated heterocycles. The summed E-state index contributed by atoms with van der Waals surface area (Å²) in [6.45, 7) is 1.80. The van der Waals surface area contributed by atoms with Crippen LogP contribution in [0.4, 0.5) is 0 Å². The molecule has 0 radical (unpaired) electrons. The Morgan fingerprint density at radius 1 is 1.47 bits per heavy atom. The van der Waals surface area contributed by atoms with E-state index in [1.165, 1.54) is 0 Å². The van der Waals surface area contributed by atoms with Crippen LogP contribution >= 0.6 is 0 Å². The van der Waals surface area contributed by atoms with Gasteiger partial charge in [0.2, 0.25) is 10.0 Å². The van der Waals surface area contributed by atoms with Crippen LogP contribution in [0, 0.1) is 0 Å². The standard InChI is InChI=1S/C9H15NO6S/c1-2-16-8(11)6-17(14,15)10-5-3-4-7(10)9(12)13/h7H,2-6H2,1H3,(H,12,13)/t7-/m0/s1. The minimum atomic E-state index is -3.90. The molecule has 1 atom stereocenters. The van der Waals surface area contributed by atoms with E-state index in [2.05, 4.69) is 4.74 Å². The first-order chi connectivity index (χ1) is 7.88. The van der Waals surface area contributed by atoms with Crippen LogP contribution in [0.1, 0.15) is 19.8 Å². The lowest BCUT2D eigenvalue weighted by Gasteiger charge is -2.20. The van der Waals surface area contributed by atoms with Crippen molar-refractivity contribution < 1.29 is 27.9 Å². The lowest BCUT2D eigenvalue weighted by Crippen LogP contribution is -2.43. The van der Waals surface area contributed by atoms with Crippen LogP contribution in [0.2, 0.25) is 0 Å². The minimum absolute atomic E-state index is 0.0940. The highest BCUT2D eigenvalue weighted by atomic mass is 32.2. The van der Waals surface area contributed by atoms with Crippen molar-refractivity contribution in [1.29, 1.82) is 0 Å².